The first-order valence-electron chi connectivity index (χ1n) is 7.04. The second kappa shape index (κ2) is 5.94. The van der Waals surface area contributed by atoms with Crippen LogP contribution in [0.5, 0.6) is 0 Å². The van der Waals surface area contributed by atoms with E-state index < -0.39 is 0 Å². The molecule has 0 saturated carbocycles. The van der Waals surface area contributed by atoms with Crippen molar-refractivity contribution in [3.63, 3.8) is 0 Å². The number of hydrogen-bond acceptors (Lipinski definition) is 4. The van der Waals surface area contributed by atoms with Crippen molar-refractivity contribution in [1.82, 2.24) is 15.3 Å². The number of aryl methyl sites for hydroxylation is 2. The molecule has 0 radical (unpaired) electrons. The number of hydrogen-bond donors (Lipinski definition) is 1. The van der Waals surface area contributed by atoms with Crippen LogP contribution >= 0.6 is 11.8 Å². The van der Waals surface area contributed by atoms with E-state index in [4.69, 9.17) is 9.97 Å². The second-order valence-corrected chi connectivity index (χ2v) is 6.12. The molecular weight excluding hydrogens is 266 g/mol. The SMILES string of the molecule is CCc1nc(CSc2ccc(C)cc2)nc2c1CNC2. The van der Waals surface area contributed by atoms with Crippen LogP contribution in [0.25, 0.3) is 0 Å². The fourth-order valence-electron chi connectivity index (χ4n) is 2.43. The Bertz CT molecular complexity index is 608. The predicted molar refractivity (Wildman–Crippen MR) is 82.7 cm³/mol. The first-order valence-corrected chi connectivity index (χ1v) is 8.02. The molecule has 0 bridgehead atoms. The zero-order chi connectivity index (χ0) is 13.9. The van der Waals surface area contributed by atoms with E-state index >= 15 is 0 Å². The van der Waals surface area contributed by atoms with E-state index in [-0.39, 0.29) is 0 Å². The second-order valence-electron chi connectivity index (χ2n) is 5.07. The van der Waals surface area contributed by atoms with Gasteiger partial charge in [-0.2, -0.15) is 0 Å². The Balaban J connectivity index is 1.76. The smallest absolute Gasteiger partial charge is 0.139 e. The van der Waals surface area contributed by atoms with Crippen LogP contribution in [0.3, 0.4) is 0 Å². The number of benzene rings is 1. The molecule has 0 saturated heterocycles. The van der Waals surface area contributed by atoms with Gasteiger partial charge in [0, 0.05) is 29.2 Å². The van der Waals surface area contributed by atoms with Gasteiger partial charge in [0.05, 0.1) is 11.4 Å². The maximum absolute atomic E-state index is 4.72. The van der Waals surface area contributed by atoms with Crippen LogP contribution in [0.4, 0.5) is 0 Å². The van der Waals surface area contributed by atoms with E-state index in [1.165, 1.54) is 27.4 Å². The van der Waals surface area contributed by atoms with Gasteiger partial charge < -0.3 is 5.32 Å². The van der Waals surface area contributed by atoms with E-state index in [2.05, 4.69) is 43.4 Å². The molecule has 1 aliphatic rings. The van der Waals surface area contributed by atoms with E-state index in [1.807, 2.05) is 0 Å². The molecule has 0 amide bonds. The lowest BCUT2D eigenvalue weighted by Crippen LogP contribution is -2.04. The normalized spacial score (nSPS) is 13.5. The van der Waals surface area contributed by atoms with Crippen LogP contribution in [0.1, 0.15) is 35.3 Å². The van der Waals surface area contributed by atoms with E-state index in [0.29, 0.717) is 0 Å². The third-order valence-electron chi connectivity index (χ3n) is 3.54. The zero-order valence-corrected chi connectivity index (χ0v) is 12.8. The van der Waals surface area contributed by atoms with Crippen LogP contribution in [0.2, 0.25) is 0 Å². The van der Waals surface area contributed by atoms with Crippen LogP contribution < -0.4 is 5.32 Å². The molecule has 0 unspecified atom stereocenters. The summed E-state index contributed by atoms with van der Waals surface area (Å²) in [6.07, 6.45) is 0.981. The summed E-state index contributed by atoms with van der Waals surface area (Å²) in [5.41, 5.74) is 5.01. The van der Waals surface area contributed by atoms with Gasteiger partial charge in [-0.3, -0.25) is 0 Å². The van der Waals surface area contributed by atoms with Crippen LogP contribution in [0.15, 0.2) is 29.2 Å². The Morgan fingerprint density at radius 2 is 1.95 bits per heavy atom. The highest BCUT2D eigenvalue weighted by Gasteiger charge is 2.17. The summed E-state index contributed by atoms with van der Waals surface area (Å²) in [6, 6.07) is 8.62. The number of nitrogens with one attached hydrogen (secondary N) is 1. The van der Waals surface area contributed by atoms with Crippen molar-refractivity contribution in [1.29, 1.82) is 0 Å². The molecule has 4 heteroatoms. The summed E-state index contributed by atoms with van der Waals surface area (Å²) in [5, 5.41) is 3.36. The Morgan fingerprint density at radius 1 is 1.15 bits per heavy atom. The number of nitrogens with zero attached hydrogens (tertiary/aromatic N) is 2. The minimum atomic E-state index is 0.837. The van der Waals surface area contributed by atoms with Crippen LogP contribution in [-0.2, 0) is 25.3 Å². The molecule has 1 N–H and O–H groups in total. The maximum Gasteiger partial charge on any atom is 0.139 e. The van der Waals surface area contributed by atoms with Gasteiger partial charge in [-0.25, -0.2) is 9.97 Å². The number of rotatable bonds is 4. The molecule has 1 aromatic carbocycles. The summed E-state index contributed by atoms with van der Waals surface area (Å²) in [5.74, 6) is 1.79. The van der Waals surface area contributed by atoms with Gasteiger partial charge in [-0.15, -0.1) is 11.8 Å². The number of aromatic nitrogens is 2. The molecule has 3 rings (SSSR count). The van der Waals surface area contributed by atoms with Crippen LogP contribution in [0, 0.1) is 6.92 Å². The van der Waals surface area contributed by atoms with E-state index in [9.17, 15) is 0 Å². The molecule has 0 atom stereocenters. The fraction of sp³-hybridized carbons (Fsp3) is 0.375. The average molecular weight is 285 g/mol. The third kappa shape index (κ3) is 2.86. The molecule has 1 aromatic heterocycles. The Labute approximate surface area is 124 Å². The predicted octanol–water partition coefficient (Wildman–Crippen LogP) is 3.24. The summed E-state index contributed by atoms with van der Waals surface area (Å²) < 4.78 is 0. The molecule has 104 valence electrons. The van der Waals surface area contributed by atoms with Crippen LogP contribution in [-0.4, -0.2) is 9.97 Å². The Hall–Kier alpha value is -1.39. The molecule has 0 fully saturated rings. The monoisotopic (exact) mass is 285 g/mol. The lowest BCUT2D eigenvalue weighted by Gasteiger charge is -2.08. The maximum atomic E-state index is 4.72. The topological polar surface area (TPSA) is 37.8 Å². The minimum Gasteiger partial charge on any atom is -0.307 e. The van der Waals surface area contributed by atoms with Gasteiger partial charge in [0.25, 0.3) is 0 Å². The summed E-state index contributed by atoms with van der Waals surface area (Å²) in [4.78, 5) is 10.7. The largest absolute Gasteiger partial charge is 0.307 e. The summed E-state index contributed by atoms with van der Waals surface area (Å²) >= 11 is 1.80. The van der Waals surface area contributed by atoms with Gasteiger partial charge in [0.1, 0.15) is 5.82 Å². The lowest BCUT2D eigenvalue weighted by molar-refractivity contribution is 0.755. The minimum absolute atomic E-state index is 0.837. The standard InChI is InChI=1S/C16H19N3S/c1-3-14-13-8-17-9-15(13)19-16(18-14)10-20-12-6-4-11(2)5-7-12/h4-7,17H,3,8-10H2,1-2H3. The fourth-order valence-corrected chi connectivity index (χ4v) is 3.19. The summed E-state index contributed by atoms with van der Waals surface area (Å²) in [7, 11) is 0. The third-order valence-corrected chi connectivity index (χ3v) is 4.55. The quantitative estimate of drug-likeness (QED) is 0.875. The highest BCUT2D eigenvalue weighted by molar-refractivity contribution is 7.98. The first-order chi connectivity index (χ1) is 9.76. The van der Waals surface area contributed by atoms with Crippen molar-refractivity contribution in [3.8, 4) is 0 Å². The highest BCUT2D eigenvalue weighted by atomic mass is 32.2. The number of thioether (sulfide) groups is 1. The van der Waals surface area contributed by atoms with Gasteiger partial charge in [0.2, 0.25) is 0 Å². The van der Waals surface area contributed by atoms with Crippen molar-refractivity contribution < 1.29 is 0 Å². The molecular formula is C16H19N3S. The molecule has 2 aromatic rings. The highest BCUT2D eigenvalue weighted by Crippen LogP contribution is 2.24. The zero-order valence-electron chi connectivity index (χ0n) is 11.9. The van der Waals surface area contributed by atoms with Gasteiger partial charge >= 0.3 is 0 Å². The van der Waals surface area contributed by atoms with Gasteiger partial charge in [0.15, 0.2) is 0 Å². The molecule has 1 aliphatic heterocycles. The van der Waals surface area contributed by atoms with Crippen molar-refractivity contribution in [2.75, 3.05) is 0 Å². The molecule has 0 spiro atoms. The molecule has 0 aliphatic carbocycles. The van der Waals surface area contributed by atoms with Crippen molar-refractivity contribution in [3.05, 3.63) is 52.6 Å². The van der Waals surface area contributed by atoms with E-state index in [1.54, 1.807) is 11.8 Å². The average Bonchev–Trinajstić information content (AvgIpc) is 2.94. The van der Waals surface area contributed by atoms with Crippen molar-refractivity contribution in [2.45, 2.75) is 44.0 Å². The lowest BCUT2D eigenvalue weighted by atomic mass is 10.1. The Morgan fingerprint density at radius 3 is 2.70 bits per heavy atom. The van der Waals surface area contributed by atoms with Crippen molar-refractivity contribution >= 4 is 11.8 Å². The first kappa shape index (κ1) is 13.6. The summed E-state index contributed by atoms with van der Waals surface area (Å²) in [6.45, 7) is 6.08. The number of fused-ring (bicyclic) bond motifs is 1. The van der Waals surface area contributed by atoms with E-state index in [0.717, 1.165) is 31.1 Å². The molecule has 2 heterocycles. The van der Waals surface area contributed by atoms with Crippen molar-refractivity contribution in [2.24, 2.45) is 0 Å². The molecule has 20 heavy (non-hydrogen) atoms. The molecule has 3 nitrogen and oxygen atoms in total. The van der Waals surface area contributed by atoms with Gasteiger partial charge in [-0.1, -0.05) is 24.6 Å². The Kier molecular flexibility index (Phi) is 4.03. The van der Waals surface area contributed by atoms with Gasteiger partial charge in [-0.05, 0) is 25.5 Å².